The van der Waals surface area contributed by atoms with Crippen molar-refractivity contribution in [2.75, 3.05) is 5.75 Å². The molecule has 0 unspecified atom stereocenters. The second-order valence-corrected chi connectivity index (χ2v) is 8.75. The summed E-state index contributed by atoms with van der Waals surface area (Å²) < 4.78 is 2.26. The van der Waals surface area contributed by atoms with Crippen molar-refractivity contribution in [3.63, 3.8) is 0 Å². The number of nitrogens with zero attached hydrogens (tertiary/aromatic N) is 3. The molecular weight excluding hydrogens is 391 g/mol. The van der Waals surface area contributed by atoms with E-state index in [1.807, 2.05) is 13.0 Å². The Morgan fingerprint density at radius 2 is 2.08 bits per heavy atom. The van der Waals surface area contributed by atoms with Crippen molar-refractivity contribution in [3.05, 3.63) is 39.6 Å². The first-order valence-electron chi connectivity index (χ1n) is 8.85. The number of rotatable bonds is 7. The molecule has 26 heavy (non-hydrogen) atoms. The maximum absolute atomic E-state index is 12.4. The molecule has 2 aromatic rings. The van der Waals surface area contributed by atoms with Crippen molar-refractivity contribution in [2.45, 2.75) is 55.8 Å². The SMILES string of the molecule is C[C@@H](NC(=O)CSc1nnc(C2CC2)n1C1CC1)c1ccc(Cl)cc1Cl. The van der Waals surface area contributed by atoms with Crippen LogP contribution in [0.5, 0.6) is 0 Å². The largest absolute Gasteiger partial charge is 0.349 e. The van der Waals surface area contributed by atoms with Gasteiger partial charge in [0.1, 0.15) is 5.82 Å². The van der Waals surface area contributed by atoms with E-state index in [1.54, 1.807) is 12.1 Å². The smallest absolute Gasteiger partial charge is 0.230 e. The molecule has 1 amide bonds. The lowest BCUT2D eigenvalue weighted by atomic mass is 10.1. The first-order valence-corrected chi connectivity index (χ1v) is 10.6. The predicted octanol–water partition coefficient (Wildman–Crippen LogP) is 4.77. The summed E-state index contributed by atoms with van der Waals surface area (Å²) in [6.45, 7) is 1.91. The number of thioether (sulfide) groups is 1. The fraction of sp³-hybridized carbons (Fsp3) is 0.500. The van der Waals surface area contributed by atoms with Gasteiger partial charge in [0.2, 0.25) is 5.91 Å². The van der Waals surface area contributed by atoms with Crippen molar-refractivity contribution in [1.82, 2.24) is 20.1 Å². The highest BCUT2D eigenvalue weighted by Crippen LogP contribution is 2.46. The number of halogens is 2. The number of nitrogens with one attached hydrogen (secondary N) is 1. The first kappa shape index (κ1) is 18.1. The van der Waals surface area contributed by atoms with Gasteiger partial charge in [0.15, 0.2) is 5.16 Å². The van der Waals surface area contributed by atoms with Crippen molar-refractivity contribution >= 4 is 40.9 Å². The number of carbonyl (C=O) groups is 1. The summed E-state index contributed by atoms with van der Waals surface area (Å²) in [7, 11) is 0. The van der Waals surface area contributed by atoms with Crippen LogP contribution in [-0.2, 0) is 4.79 Å². The number of aromatic nitrogens is 3. The van der Waals surface area contributed by atoms with Gasteiger partial charge in [-0.1, -0.05) is 41.0 Å². The van der Waals surface area contributed by atoms with Gasteiger partial charge in [0, 0.05) is 22.0 Å². The van der Waals surface area contributed by atoms with E-state index in [9.17, 15) is 4.79 Å². The van der Waals surface area contributed by atoms with E-state index in [1.165, 1.54) is 37.4 Å². The van der Waals surface area contributed by atoms with Crippen LogP contribution >= 0.6 is 35.0 Å². The maximum atomic E-state index is 12.4. The number of benzene rings is 1. The highest BCUT2D eigenvalue weighted by molar-refractivity contribution is 7.99. The lowest BCUT2D eigenvalue weighted by Crippen LogP contribution is -2.28. The zero-order valence-electron chi connectivity index (χ0n) is 14.4. The minimum Gasteiger partial charge on any atom is -0.349 e. The Kier molecular flexibility index (Phi) is 5.17. The van der Waals surface area contributed by atoms with Gasteiger partial charge in [0.25, 0.3) is 0 Å². The monoisotopic (exact) mass is 410 g/mol. The van der Waals surface area contributed by atoms with Crippen molar-refractivity contribution in [2.24, 2.45) is 0 Å². The summed E-state index contributed by atoms with van der Waals surface area (Å²) in [4.78, 5) is 12.4. The number of carbonyl (C=O) groups excluding carboxylic acids is 1. The van der Waals surface area contributed by atoms with E-state index in [0.717, 1.165) is 16.5 Å². The summed E-state index contributed by atoms with van der Waals surface area (Å²) in [6, 6.07) is 5.65. The molecular formula is C18H20Cl2N4OS. The summed E-state index contributed by atoms with van der Waals surface area (Å²) in [6.07, 6.45) is 4.78. The minimum atomic E-state index is -0.184. The Morgan fingerprint density at radius 1 is 1.31 bits per heavy atom. The third-order valence-electron chi connectivity index (χ3n) is 4.68. The number of hydrogen-bond acceptors (Lipinski definition) is 4. The molecule has 0 aliphatic heterocycles. The van der Waals surface area contributed by atoms with E-state index in [-0.39, 0.29) is 11.9 Å². The van der Waals surface area contributed by atoms with Gasteiger partial charge in [-0.05, 0) is 50.3 Å². The average molecular weight is 411 g/mol. The zero-order chi connectivity index (χ0) is 18.3. The zero-order valence-corrected chi connectivity index (χ0v) is 16.7. The Labute approximate surface area is 166 Å². The molecule has 8 heteroatoms. The molecule has 2 saturated carbocycles. The number of hydrogen-bond donors (Lipinski definition) is 1. The van der Waals surface area contributed by atoms with Crippen LogP contribution in [0.4, 0.5) is 0 Å². The maximum Gasteiger partial charge on any atom is 0.230 e. The molecule has 138 valence electrons. The molecule has 2 aliphatic rings. The Balaban J connectivity index is 1.37. The summed E-state index contributed by atoms with van der Waals surface area (Å²) in [5.74, 6) is 1.94. The molecule has 1 heterocycles. The van der Waals surface area contributed by atoms with Crippen LogP contribution in [0.2, 0.25) is 10.0 Å². The molecule has 2 fully saturated rings. The van der Waals surface area contributed by atoms with Crippen LogP contribution in [-0.4, -0.2) is 26.4 Å². The van der Waals surface area contributed by atoms with E-state index >= 15 is 0 Å². The highest BCUT2D eigenvalue weighted by atomic mass is 35.5. The molecule has 0 bridgehead atoms. The normalized spacial score (nSPS) is 18.0. The molecule has 0 saturated heterocycles. The second kappa shape index (κ2) is 7.41. The number of amides is 1. The Hall–Kier alpha value is -1.24. The standard InChI is InChI=1S/C18H20Cl2N4OS/c1-10(14-7-4-12(19)8-15(14)20)21-16(25)9-26-18-23-22-17(11-2-3-11)24(18)13-5-6-13/h4,7-8,10-11,13H,2-3,5-6,9H2,1H3,(H,21,25)/t10-/m1/s1. The molecule has 4 rings (SSSR count). The quantitative estimate of drug-likeness (QED) is 0.667. The van der Waals surface area contributed by atoms with Crippen LogP contribution in [0.25, 0.3) is 0 Å². The minimum absolute atomic E-state index is 0.0492. The van der Waals surface area contributed by atoms with Crippen molar-refractivity contribution < 1.29 is 4.79 Å². The molecule has 1 N–H and O–H groups in total. The van der Waals surface area contributed by atoms with Crippen molar-refractivity contribution in [1.29, 1.82) is 0 Å². The summed E-state index contributed by atoms with van der Waals surface area (Å²) in [5.41, 5.74) is 0.853. The average Bonchev–Trinajstić information content (AvgIpc) is 3.51. The molecule has 0 radical (unpaired) electrons. The highest BCUT2D eigenvalue weighted by Gasteiger charge is 2.36. The van der Waals surface area contributed by atoms with Gasteiger partial charge >= 0.3 is 0 Å². The van der Waals surface area contributed by atoms with E-state index in [4.69, 9.17) is 23.2 Å². The van der Waals surface area contributed by atoms with Crippen LogP contribution in [0, 0.1) is 0 Å². The second-order valence-electron chi connectivity index (χ2n) is 6.96. The molecule has 0 spiro atoms. The predicted molar refractivity (Wildman–Crippen MR) is 104 cm³/mol. The Morgan fingerprint density at radius 3 is 2.73 bits per heavy atom. The molecule has 1 aromatic heterocycles. The van der Waals surface area contributed by atoms with Crippen LogP contribution in [0.1, 0.15) is 62.0 Å². The lowest BCUT2D eigenvalue weighted by Gasteiger charge is -2.16. The van der Waals surface area contributed by atoms with Gasteiger partial charge in [-0.15, -0.1) is 10.2 Å². The first-order chi connectivity index (χ1) is 12.5. The van der Waals surface area contributed by atoms with Gasteiger partial charge in [-0.25, -0.2) is 0 Å². The molecule has 2 aliphatic carbocycles. The van der Waals surface area contributed by atoms with Crippen molar-refractivity contribution in [3.8, 4) is 0 Å². The van der Waals surface area contributed by atoms with E-state index in [2.05, 4.69) is 20.1 Å². The van der Waals surface area contributed by atoms with Crippen LogP contribution in [0.15, 0.2) is 23.4 Å². The van der Waals surface area contributed by atoms with Gasteiger partial charge in [-0.2, -0.15) is 0 Å². The topological polar surface area (TPSA) is 59.8 Å². The molecule has 5 nitrogen and oxygen atoms in total. The van der Waals surface area contributed by atoms with Crippen LogP contribution < -0.4 is 5.32 Å². The van der Waals surface area contributed by atoms with Crippen LogP contribution in [0.3, 0.4) is 0 Å². The molecule has 1 aromatic carbocycles. The van der Waals surface area contributed by atoms with E-state index in [0.29, 0.717) is 27.8 Å². The molecule has 1 atom stereocenters. The fourth-order valence-electron chi connectivity index (χ4n) is 3.03. The Bertz CT molecular complexity index is 833. The fourth-order valence-corrected chi connectivity index (χ4v) is 4.42. The van der Waals surface area contributed by atoms with Gasteiger partial charge < -0.3 is 9.88 Å². The lowest BCUT2D eigenvalue weighted by molar-refractivity contribution is -0.119. The third kappa shape index (κ3) is 4.02. The van der Waals surface area contributed by atoms with Gasteiger partial charge in [-0.3, -0.25) is 4.79 Å². The van der Waals surface area contributed by atoms with Gasteiger partial charge in [0.05, 0.1) is 11.8 Å². The van der Waals surface area contributed by atoms with E-state index < -0.39 is 0 Å². The summed E-state index contributed by atoms with van der Waals surface area (Å²) in [5, 5.41) is 13.7. The third-order valence-corrected chi connectivity index (χ3v) is 6.19. The summed E-state index contributed by atoms with van der Waals surface area (Å²) >= 11 is 13.6.